The zero-order valence-corrected chi connectivity index (χ0v) is 11.6. The fraction of sp³-hybridized carbons (Fsp3) is 0.462. The molecule has 0 spiro atoms. The largest absolute Gasteiger partial charge is 0.457 e. The predicted molar refractivity (Wildman–Crippen MR) is 74.6 cm³/mol. The van der Waals surface area contributed by atoms with Crippen molar-refractivity contribution in [2.75, 3.05) is 11.5 Å². The van der Waals surface area contributed by atoms with Crippen LogP contribution >= 0.6 is 23.5 Å². The van der Waals surface area contributed by atoms with E-state index in [4.69, 9.17) is 4.74 Å². The van der Waals surface area contributed by atoms with Crippen molar-refractivity contribution in [1.29, 1.82) is 0 Å². The molecule has 1 aromatic rings. The van der Waals surface area contributed by atoms with E-state index >= 15 is 0 Å². The van der Waals surface area contributed by atoms with Crippen molar-refractivity contribution in [2.45, 2.75) is 24.0 Å². The second kappa shape index (κ2) is 5.36. The number of thioether (sulfide) groups is 2. The molecule has 0 saturated carbocycles. The van der Waals surface area contributed by atoms with Gasteiger partial charge in [-0.25, -0.2) is 4.79 Å². The minimum atomic E-state index is -0.229. The zero-order valence-electron chi connectivity index (χ0n) is 10.0. The molecular formula is C13H16O2S2. The van der Waals surface area contributed by atoms with Crippen LogP contribution in [-0.2, 0) is 4.74 Å². The molecule has 0 radical (unpaired) electrons. The highest BCUT2D eigenvalue weighted by molar-refractivity contribution is 8.21. The smallest absolute Gasteiger partial charge is 0.338 e. The summed E-state index contributed by atoms with van der Waals surface area (Å²) in [7, 11) is 0. The molecule has 2 nitrogen and oxygen atoms in total. The van der Waals surface area contributed by atoms with Crippen LogP contribution in [0.25, 0.3) is 0 Å². The Kier molecular flexibility index (Phi) is 4.05. The maximum atomic E-state index is 11.9. The molecule has 0 amide bonds. The summed E-state index contributed by atoms with van der Waals surface area (Å²) in [5, 5.41) is 0. The first-order valence-corrected chi connectivity index (χ1v) is 7.63. The first kappa shape index (κ1) is 12.8. The highest BCUT2D eigenvalue weighted by atomic mass is 32.2. The molecule has 0 unspecified atom stereocenters. The van der Waals surface area contributed by atoms with Crippen LogP contribution < -0.4 is 0 Å². The van der Waals surface area contributed by atoms with E-state index in [0.717, 1.165) is 11.5 Å². The molecule has 1 aliphatic rings. The molecule has 1 saturated heterocycles. The molecule has 0 aliphatic carbocycles. The third-order valence-corrected chi connectivity index (χ3v) is 6.48. The predicted octanol–water partition coefficient (Wildman–Crippen LogP) is 3.43. The van der Waals surface area contributed by atoms with Crippen molar-refractivity contribution < 1.29 is 9.53 Å². The number of hydrogen-bond acceptors (Lipinski definition) is 4. The van der Waals surface area contributed by atoms with Crippen LogP contribution in [0.15, 0.2) is 30.3 Å². The van der Waals surface area contributed by atoms with Crippen LogP contribution in [0.2, 0.25) is 0 Å². The van der Waals surface area contributed by atoms with Gasteiger partial charge < -0.3 is 4.74 Å². The summed E-state index contributed by atoms with van der Waals surface area (Å²) in [4.78, 5) is 11.9. The minimum Gasteiger partial charge on any atom is -0.457 e. The number of ether oxygens (including phenoxy) is 1. The fourth-order valence-electron chi connectivity index (χ4n) is 1.67. The van der Waals surface area contributed by atoms with E-state index in [-0.39, 0.29) is 16.2 Å². The van der Waals surface area contributed by atoms with Crippen molar-refractivity contribution in [2.24, 2.45) is 0 Å². The summed E-state index contributed by atoms with van der Waals surface area (Å²) in [6, 6.07) is 9.16. The molecule has 1 aliphatic heterocycles. The Morgan fingerprint density at radius 1 is 1.29 bits per heavy atom. The number of carbonyl (C=O) groups excluding carboxylic acids is 1. The average molecular weight is 268 g/mol. The number of hydrogen-bond donors (Lipinski definition) is 0. The van der Waals surface area contributed by atoms with Crippen LogP contribution in [0, 0.1) is 0 Å². The molecule has 0 N–H and O–H groups in total. The van der Waals surface area contributed by atoms with Crippen LogP contribution in [-0.4, -0.2) is 27.7 Å². The Labute approximate surface area is 111 Å². The van der Waals surface area contributed by atoms with Crippen LogP contribution in [0.3, 0.4) is 0 Å². The molecular weight excluding hydrogens is 252 g/mol. The second-order valence-electron chi connectivity index (χ2n) is 4.13. The minimum absolute atomic E-state index is 0.00441. The Morgan fingerprint density at radius 2 is 1.88 bits per heavy atom. The van der Waals surface area contributed by atoms with Gasteiger partial charge in [0.25, 0.3) is 0 Å². The van der Waals surface area contributed by atoms with Crippen molar-refractivity contribution >= 4 is 29.5 Å². The summed E-state index contributed by atoms with van der Waals surface area (Å²) in [5.74, 6) is 2.04. The maximum absolute atomic E-state index is 11.9. The van der Waals surface area contributed by atoms with E-state index in [1.165, 1.54) is 0 Å². The summed E-state index contributed by atoms with van der Waals surface area (Å²) < 4.78 is 5.55. The van der Waals surface area contributed by atoms with E-state index < -0.39 is 0 Å². The van der Waals surface area contributed by atoms with Gasteiger partial charge in [0.15, 0.2) is 0 Å². The lowest BCUT2D eigenvalue weighted by molar-refractivity contribution is 0.0327. The van der Waals surface area contributed by atoms with E-state index in [1.54, 1.807) is 12.1 Å². The summed E-state index contributed by atoms with van der Waals surface area (Å²) in [6.45, 7) is 4.13. The standard InChI is InChI=1S/C13H16O2S2/c1-10(13(2)16-8-9-17-13)15-12(14)11-6-4-3-5-7-11/h3-7,10H,8-9H2,1-2H3/t10-/m1/s1. The van der Waals surface area contributed by atoms with Crippen LogP contribution in [0.1, 0.15) is 24.2 Å². The van der Waals surface area contributed by atoms with Gasteiger partial charge in [0, 0.05) is 11.5 Å². The van der Waals surface area contributed by atoms with Gasteiger partial charge in [0.2, 0.25) is 0 Å². The normalized spacial score (nSPS) is 19.9. The third kappa shape index (κ3) is 2.99. The van der Waals surface area contributed by atoms with Crippen LogP contribution in [0.4, 0.5) is 0 Å². The van der Waals surface area contributed by atoms with E-state index in [2.05, 4.69) is 6.92 Å². The molecule has 1 aromatic carbocycles. The van der Waals surface area contributed by atoms with Gasteiger partial charge in [-0.1, -0.05) is 18.2 Å². The van der Waals surface area contributed by atoms with Gasteiger partial charge in [-0.3, -0.25) is 0 Å². The summed E-state index contributed by atoms with van der Waals surface area (Å²) in [5.41, 5.74) is 0.621. The third-order valence-electron chi connectivity index (χ3n) is 2.89. The average Bonchev–Trinajstić information content (AvgIpc) is 2.78. The van der Waals surface area contributed by atoms with Gasteiger partial charge >= 0.3 is 5.97 Å². The first-order chi connectivity index (χ1) is 8.12. The van der Waals surface area contributed by atoms with Gasteiger partial charge in [0.05, 0.1) is 9.64 Å². The van der Waals surface area contributed by atoms with Crippen molar-refractivity contribution in [3.05, 3.63) is 35.9 Å². The molecule has 1 fully saturated rings. The Bertz CT molecular complexity index is 386. The topological polar surface area (TPSA) is 26.3 Å². The molecule has 2 rings (SSSR count). The molecule has 92 valence electrons. The Morgan fingerprint density at radius 3 is 2.47 bits per heavy atom. The molecule has 0 bridgehead atoms. The van der Waals surface area contributed by atoms with Gasteiger partial charge in [-0.05, 0) is 26.0 Å². The fourth-order valence-corrected chi connectivity index (χ4v) is 4.55. The first-order valence-electron chi connectivity index (χ1n) is 5.66. The van der Waals surface area contributed by atoms with Crippen molar-refractivity contribution in [3.8, 4) is 0 Å². The van der Waals surface area contributed by atoms with Crippen LogP contribution in [0.5, 0.6) is 0 Å². The lowest BCUT2D eigenvalue weighted by Gasteiger charge is -2.29. The molecule has 17 heavy (non-hydrogen) atoms. The van der Waals surface area contributed by atoms with E-state index in [9.17, 15) is 4.79 Å². The second-order valence-corrected chi connectivity index (χ2v) is 7.47. The zero-order chi connectivity index (χ0) is 12.3. The Hall–Kier alpha value is -0.610. The van der Waals surface area contributed by atoms with Gasteiger partial charge in [0.1, 0.15) is 6.10 Å². The van der Waals surface area contributed by atoms with E-state index in [0.29, 0.717) is 5.56 Å². The lowest BCUT2D eigenvalue weighted by Crippen LogP contribution is -2.32. The molecule has 4 heteroatoms. The number of carbonyl (C=O) groups is 1. The molecule has 0 aromatic heterocycles. The SMILES string of the molecule is C[C@@H](OC(=O)c1ccccc1)C1(C)SCCS1. The van der Waals surface area contributed by atoms with Gasteiger partial charge in [-0.2, -0.15) is 0 Å². The quantitative estimate of drug-likeness (QED) is 0.785. The van der Waals surface area contributed by atoms with Gasteiger partial charge in [-0.15, -0.1) is 23.5 Å². The number of rotatable bonds is 3. The monoisotopic (exact) mass is 268 g/mol. The Balaban J connectivity index is 1.99. The van der Waals surface area contributed by atoms with E-state index in [1.807, 2.05) is 48.6 Å². The van der Waals surface area contributed by atoms with Crippen molar-refractivity contribution in [1.82, 2.24) is 0 Å². The molecule has 1 heterocycles. The molecule has 1 atom stereocenters. The highest BCUT2D eigenvalue weighted by Crippen LogP contribution is 2.46. The van der Waals surface area contributed by atoms with Crippen molar-refractivity contribution in [3.63, 3.8) is 0 Å². The summed E-state index contributed by atoms with van der Waals surface area (Å²) in [6.07, 6.45) is -0.0762. The highest BCUT2D eigenvalue weighted by Gasteiger charge is 2.38. The maximum Gasteiger partial charge on any atom is 0.338 e. The lowest BCUT2D eigenvalue weighted by atomic mass is 10.2. The number of benzene rings is 1. The summed E-state index contributed by atoms with van der Waals surface area (Å²) >= 11 is 3.75. The number of esters is 1.